The van der Waals surface area contributed by atoms with Crippen LogP contribution in [-0.2, 0) is 6.54 Å². The van der Waals surface area contributed by atoms with Crippen molar-refractivity contribution >= 4 is 5.69 Å². The van der Waals surface area contributed by atoms with Crippen LogP contribution in [0.2, 0.25) is 0 Å². The van der Waals surface area contributed by atoms with Crippen LogP contribution in [-0.4, -0.2) is 16.6 Å². The fraction of sp³-hybridized carbons (Fsp3) is 0.125. The van der Waals surface area contributed by atoms with Crippen molar-refractivity contribution in [1.82, 2.24) is 10.2 Å². The van der Waals surface area contributed by atoms with Crippen LogP contribution >= 0.6 is 0 Å². The van der Waals surface area contributed by atoms with Gasteiger partial charge in [-0.1, -0.05) is 0 Å². The topological polar surface area (TPSA) is 60.2 Å². The Labute approximate surface area is 139 Å². The molecule has 0 fully saturated rings. The van der Waals surface area contributed by atoms with E-state index in [0.29, 0.717) is 11.3 Å². The third kappa shape index (κ3) is 4.69. The summed E-state index contributed by atoms with van der Waals surface area (Å²) in [6.07, 6.45) is -4.73. The minimum absolute atomic E-state index is 0.174. The molecular formula is C16H11F4N3O2. The summed E-state index contributed by atoms with van der Waals surface area (Å²) in [7, 11) is 0. The summed E-state index contributed by atoms with van der Waals surface area (Å²) in [4.78, 5) is 0. The van der Waals surface area contributed by atoms with Gasteiger partial charge in [0.2, 0.25) is 11.8 Å². The highest BCUT2D eigenvalue weighted by Gasteiger charge is 2.30. The number of aromatic nitrogens is 2. The first-order valence-corrected chi connectivity index (χ1v) is 7.07. The summed E-state index contributed by atoms with van der Waals surface area (Å²) in [6, 6.07) is 10.8. The molecule has 0 atom stereocenters. The van der Waals surface area contributed by atoms with Crippen LogP contribution in [0.25, 0.3) is 11.5 Å². The highest BCUT2D eigenvalue weighted by atomic mass is 19.4. The predicted molar refractivity (Wildman–Crippen MR) is 80.1 cm³/mol. The monoisotopic (exact) mass is 353 g/mol. The van der Waals surface area contributed by atoms with Gasteiger partial charge in [-0.15, -0.1) is 23.4 Å². The number of hydrogen-bond acceptors (Lipinski definition) is 5. The maximum absolute atomic E-state index is 12.9. The summed E-state index contributed by atoms with van der Waals surface area (Å²) in [6.45, 7) is 0.174. The molecule has 2 aromatic carbocycles. The molecule has 0 bridgehead atoms. The minimum Gasteiger partial charge on any atom is -0.419 e. The van der Waals surface area contributed by atoms with E-state index in [9.17, 15) is 17.6 Å². The number of halogens is 4. The second-order valence-corrected chi connectivity index (χ2v) is 4.93. The number of nitrogens with one attached hydrogen (secondary N) is 1. The molecule has 0 aliphatic rings. The van der Waals surface area contributed by atoms with Crippen LogP contribution in [0.5, 0.6) is 5.75 Å². The average Bonchev–Trinajstić information content (AvgIpc) is 3.02. The lowest BCUT2D eigenvalue weighted by atomic mass is 10.2. The highest BCUT2D eigenvalue weighted by Crippen LogP contribution is 2.24. The van der Waals surface area contributed by atoms with Gasteiger partial charge in [0.05, 0.1) is 6.54 Å². The molecule has 1 heterocycles. The SMILES string of the molecule is Fc1ccc(-c2nnc(CNc3ccc(OC(F)(F)F)cc3)o2)cc1. The molecule has 0 unspecified atom stereocenters. The van der Waals surface area contributed by atoms with Crippen LogP contribution in [0, 0.1) is 5.82 Å². The van der Waals surface area contributed by atoms with E-state index < -0.39 is 6.36 Å². The molecule has 0 aliphatic carbocycles. The zero-order valence-corrected chi connectivity index (χ0v) is 12.5. The molecule has 1 aromatic heterocycles. The predicted octanol–water partition coefficient (Wildman–Crippen LogP) is 4.39. The first-order valence-electron chi connectivity index (χ1n) is 7.07. The van der Waals surface area contributed by atoms with Gasteiger partial charge in [-0.3, -0.25) is 0 Å². The quantitative estimate of drug-likeness (QED) is 0.690. The van der Waals surface area contributed by atoms with E-state index >= 15 is 0 Å². The van der Waals surface area contributed by atoms with E-state index in [1.165, 1.54) is 48.5 Å². The third-order valence-electron chi connectivity index (χ3n) is 3.09. The Balaban J connectivity index is 1.59. The third-order valence-corrected chi connectivity index (χ3v) is 3.09. The zero-order valence-electron chi connectivity index (χ0n) is 12.5. The van der Waals surface area contributed by atoms with Gasteiger partial charge in [-0.2, -0.15) is 0 Å². The zero-order chi connectivity index (χ0) is 17.9. The van der Waals surface area contributed by atoms with Crippen molar-refractivity contribution in [2.24, 2.45) is 0 Å². The average molecular weight is 353 g/mol. The molecule has 0 spiro atoms. The number of benzene rings is 2. The second-order valence-electron chi connectivity index (χ2n) is 4.93. The molecule has 9 heteroatoms. The molecule has 3 aromatic rings. The molecule has 5 nitrogen and oxygen atoms in total. The molecule has 0 aliphatic heterocycles. The van der Waals surface area contributed by atoms with Crippen LogP contribution < -0.4 is 10.1 Å². The smallest absolute Gasteiger partial charge is 0.419 e. The van der Waals surface area contributed by atoms with Gasteiger partial charge in [0, 0.05) is 11.3 Å². The van der Waals surface area contributed by atoms with E-state index in [1.54, 1.807) is 0 Å². The van der Waals surface area contributed by atoms with Crippen molar-refractivity contribution in [3.8, 4) is 17.2 Å². The summed E-state index contributed by atoms with van der Waals surface area (Å²) >= 11 is 0. The summed E-state index contributed by atoms with van der Waals surface area (Å²) in [5.41, 5.74) is 1.13. The van der Waals surface area contributed by atoms with Crippen LogP contribution in [0.15, 0.2) is 52.9 Å². The number of alkyl halides is 3. The largest absolute Gasteiger partial charge is 0.573 e. The maximum Gasteiger partial charge on any atom is 0.573 e. The van der Waals surface area contributed by atoms with E-state index in [2.05, 4.69) is 20.3 Å². The Morgan fingerprint density at radius 3 is 2.28 bits per heavy atom. The van der Waals surface area contributed by atoms with Crippen LogP contribution in [0.1, 0.15) is 5.89 Å². The van der Waals surface area contributed by atoms with Gasteiger partial charge in [0.1, 0.15) is 11.6 Å². The van der Waals surface area contributed by atoms with Crippen molar-refractivity contribution in [2.75, 3.05) is 5.32 Å². The molecule has 25 heavy (non-hydrogen) atoms. The summed E-state index contributed by atoms with van der Waals surface area (Å²) in [5.74, 6) is -0.168. The Bertz CT molecular complexity index is 830. The fourth-order valence-corrected chi connectivity index (χ4v) is 1.99. The summed E-state index contributed by atoms with van der Waals surface area (Å²) < 4.78 is 58.4. The molecule has 3 rings (SSSR count). The number of rotatable bonds is 5. The van der Waals surface area contributed by atoms with E-state index in [4.69, 9.17) is 4.42 Å². The Kier molecular flexibility index (Phi) is 4.55. The standard InChI is InChI=1S/C16H11F4N3O2/c17-11-3-1-10(2-4-11)15-23-22-14(24-15)9-21-12-5-7-13(8-6-12)25-16(18,19)20/h1-8,21H,9H2. The normalized spacial score (nSPS) is 11.4. The van der Waals surface area contributed by atoms with Gasteiger partial charge in [-0.25, -0.2) is 4.39 Å². The lowest BCUT2D eigenvalue weighted by molar-refractivity contribution is -0.274. The Hall–Kier alpha value is -3.10. The molecule has 130 valence electrons. The lowest BCUT2D eigenvalue weighted by Gasteiger charge is -2.09. The van der Waals surface area contributed by atoms with Crippen molar-refractivity contribution in [2.45, 2.75) is 12.9 Å². The first kappa shape index (κ1) is 16.7. The molecule has 0 saturated heterocycles. The Morgan fingerprint density at radius 2 is 1.64 bits per heavy atom. The molecule has 0 saturated carbocycles. The number of nitrogens with zero attached hydrogens (tertiary/aromatic N) is 2. The minimum atomic E-state index is -4.73. The van der Waals surface area contributed by atoms with Gasteiger partial charge in [0.25, 0.3) is 0 Å². The van der Waals surface area contributed by atoms with Crippen molar-refractivity contribution in [3.63, 3.8) is 0 Å². The van der Waals surface area contributed by atoms with E-state index in [1.807, 2.05) is 0 Å². The van der Waals surface area contributed by atoms with Crippen LogP contribution in [0.3, 0.4) is 0 Å². The maximum atomic E-state index is 12.9. The molecule has 0 radical (unpaired) electrons. The van der Waals surface area contributed by atoms with Crippen molar-refractivity contribution in [3.05, 3.63) is 60.2 Å². The first-order chi connectivity index (χ1) is 11.9. The summed E-state index contributed by atoms with van der Waals surface area (Å²) in [5, 5.41) is 10.6. The van der Waals surface area contributed by atoms with Gasteiger partial charge in [0.15, 0.2) is 0 Å². The van der Waals surface area contributed by atoms with Crippen LogP contribution in [0.4, 0.5) is 23.2 Å². The number of anilines is 1. The highest BCUT2D eigenvalue weighted by molar-refractivity contribution is 5.52. The second kappa shape index (κ2) is 6.80. The van der Waals surface area contributed by atoms with Gasteiger partial charge >= 0.3 is 6.36 Å². The molecule has 1 N–H and O–H groups in total. The molecular weight excluding hydrogens is 342 g/mol. The van der Waals surface area contributed by atoms with Crippen molar-refractivity contribution in [1.29, 1.82) is 0 Å². The number of hydrogen-bond donors (Lipinski definition) is 1. The van der Waals surface area contributed by atoms with E-state index in [0.717, 1.165) is 0 Å². The lowest BCUT2D eigenvalue weighted by Crippen LogP contribution is -2.17. The fourth-order valence-electron chi connectivity index (χ4n) is 1.99. The van der Waals surface area contributed by atoms with Crippen molar-refractivity contribution < 1.29 is 26.7 Å². The van der Waals surface area contributed by atoms with E-state index in [-0.39, 0.29) is 29.9 Å². The van der Waals surface area contributed by atoms with Gasteiger partial charge < -0.3 is 14.5 Å². The Morgan fingerprint density at radius 1 is 0.960 bits per heavy atom. The molecule has 0 amide bonds. The van der Waals surface area contributed by atoms with Gasteiger partial charge in [-0.05, 0) is 48.5 Å². The number of ether oxygens (including phenoxy) is 1.